The third kappa shape index (κ3) is 10.4. The van der Waals surface area contributed by atoms with Gasteiger partial charge < -0.3 is 0 Å². The van der Waals surface area contributed by atoms with Crippen molar-refractivity contribution >= 4 is 17.6 Å². The highest BCUT2D eigenvalue weighted by Crippen LogP contribution is 2.18. The predicted molar refractivity (Wildman–Crippen MR) is 93.5 cm³/mol. The SMILES string of the molecule is CCC[SiH](CCC)CCCC[SiH](CCC)CCC. The monoisotopic (exact) mass is 286 g/mol. The summed E-state index contributed by atoms with van der Waals surface area (Å²) in [5.74, 6) is 0. The van der Waals surface area contributed by atoms with E-state index in [-0.39, 0.29) is 17.6 Å². The largest absolute Gasteiger partial charge is 0.0657 e. The molecule has 0 rings (SSSR count). The molecule has 0 aliphatic rings. The average Bonchev–Trinajstić information content (AvgIpc) is 2.35. The summed E-state index contributed by atoms with van der Waals surface area (Å²) in [7, 11) is -0.627. The summed E-state index contributed by atoms with van der Waals surface area (Å²) in [5.41, 5.74) is 0. The molecule has 0 saturated heterocycles. The summed E-state index contributed by atoms with van der Waals surface area (Å²) in [6, 6.07) is 9.75. The van der Waals surface area contributed by atoms with E-state index in [2.05, 4.69) is 27.7 Å². The molecular formula is C16H38Si2. The lowest BCUT2D eigenvalue weighted by atomic mass is 10.4. The van der Waals surface area contributed by atoms with Crippen LogP contribution >= 0.6 is 0 Å². The molecule has 0 atom stereocenters. The van der Waals surface area contributed by atoms with Crippen LogP contribution in [0.2, 0.25) is 36.3 Å². The summed E-state index contributed by atoms with van der Waals surface area (Å²) in [6.45, 7) is 9.50. The smallest absolute Gasteiger partial charge is 0.0367 e. The highest BCUT2D eigenvalue weighted by molar-refractivity contribution is 6.59. The zero-order valence-electron chi connectivity index (χ0n) is 13.6. The third-order valence-electron chi connectivity index (χ3n) is 4.26. The first kappa shape index (κ1) is 18.4. The highest BCUT2D eigenvalue weighted by atomic mass is 28.3. The first-order chi connectivity index (χ1) is 8.78. The van der Waals surface area contributed by atoms with Crippen molar-refractivity contribution in [1.29, 1.82) is 0 Å². The summed E-state index contributed by atoms with van der Waals surface area (Å²) in [4.78, 5) is 0. The molecule has 0 amide bonds. The molecule has 0 bridgehead atoms. The molecule has 0 N–H and O–H groups in total. The van der Waals surface area contributed by atoms with E-state index in [4.69, 9.17) is 0 Å². The number of unbranched alkanes of at least 4 members (excludes halogenated alkanes) is 1. The molecule has 0 radical (unpaired) electrons. The fraction of sp³-hybridized carbons (Fsp3) is 1.00. The van der Waals surface area contributed by atoms with Crippen molar-refractivity contribution in [2.45, 2.75) is 102 Å². The Morgan fingerprint density at radius 1 is 0.444 bits per heavy atom. The molecule has 0 heterocycles. The van der Waals surface area contributed by atoms with Crippen LogP contribution in [0.4, 0.5) is 0 Å². The molecule has 0 saturated carbocycles. The molecule has 0 nitrogen and oxygen atoms in total. The Kier molecular flexibility index (Phi) is 14.2. The normalized spacial score (nSPS) is 11.7. The Balaban J connectivity index is 3.66. The fourth-order valence-corrected chi connectivity index (χ4v) is 10.1. The molecule has 0 aliphatic heterocycles. The second-order valence-electron chi connectivity index (χ2n) is 6.17. The fourth-order valence-electron chi connectivity index (χ4n) is 3.37. The van der Waals surface area contributed by atoms with Crippen LogP contribution in [0.3, 0.4) is 0 Å². The van der Waals surface area contributed by atoms with Gasteiger partial charge in [-0.25, -0.2) is 0 Å². The zero-order valence-corrected chi connectivity index (χ0v) is 15.9. The first-order valence-electron chi connectivity index (χ1n) is 8.78. The van der Waals surface area contributed by atoms with E-state index in [0.717, 1.165) is 0 Å². The molecule has 110 valence electrons. The minimum Gasteiger partial charge on any atom is -0.0657 e. The van der Waals surface area contributed by atoms with Crippen molar-refractivity contribution < 1.29 is 0 Å². The Morgan fingerprint density at radius 3 is 0.944 bits per heavy atom. The summed E-state index contributed by atoms with van der Waals surface area (Å²) >= 11 is 0. The van der Waals surface area contributed by atoms with E-state index < -0.39 is 0 Å². The molecule has 0 aromatic heterocycles. The molecule has 18 heavy (non-hydrogen) atoms. The summed E-state index contributed by atoms with van der Waals surface area (Å²) in [6.07, 6.45) is 8.93. The molecule has 0 aromatic carbocycles. The maximum atomic E-state index is 2.38. The first-order valence-corrected chi connectivity index (χ1v) is 13.7. The zero-order chi connectivity index (χ0) is 13.6. The Morgan fingerprint density at radius 2 is 0.722 bits per heavy atom. The van der Waals surface area contributed by atoms with Gasteiger partial charge in [0.2, 0.25) is 0 Å². The van der Waals surface area contributed by atoms with Crippen LogP contribution in [0.15, 0.2) is 0 Å². The van der Waals surface area contributed by atoms with Crippen LogP contribution in [-0.4, -0.2) is 17.6 Å². The Bertz CT molecular complexity index is 129. The van der Waals surface area contributed by atoms with E-state index in [1.807, 2.05) is 0 Å². The lowest BCUT2D eigenvalue weighted by Gasteiger charge is -2.16. The van der Waals surface area contributed by atoms with Crippen molar-refractivity contribution in [2.75, 3.05) is 0 Å². The second-order valence-corrected chi connectivity index (χ2v) is 13.1. The predicted octanol–water partition coefficient (Wildman–Crippen LogP) is 5.86. The van der Waals surface area contributed by atoms with Crippen LogP contribution in [0.1, 0.15) is 66.2 Å². The number of rotatable bonds is 13. The van der Waals surface area contributed by atoms with Crippen LogP contribution in [-0.2, 0) is 0 Å². The quantitative estimate of drug-likeness (QED) is 0.294. The van der Waals surface area contributed by atoms with Gasteiger partial charge in [0.15, 0.2) is 0 Å². The van der Waals surface area contributed by atoms with E-state index in [1.165, 1.54) is 25.7 Å². The van der Waals surface area contributed by atoms with Gasteiger partial charge in [-0.2, -0.15) is 0 Å². The van der Waals surface area contributed by atoms with Crippen molar-refractivity contribution in [1.82, 2.24) is 0 Å². The number of hydrogen-bond donors (Lipinski definition) is 0. The highest BCUT2D eigenvalue weighted by Gasteiger charge is 2.11. The van der Waals surface area contributed by atoms with E-state index >= 15 is 0 Å². The van der Waals surface area contributed by atoms with Gasteiger partial charge in [-0.1, -0.05) is 102 Å². The Hall–Kier alpha value is 0.434. The van der Waals surface area contributed by atoms with Crippen LogP contribution in [0.5, 0.6) is 0 Å². The Labute approximate surface area is 120 Å². The molecule has 0 aromatic rings. The molecule has 0 unspecified atom stereocenters. The summed E-state index contributed by atoms with van der Waals surface area (Å²) in [5, 5.41) is 0. The molecule has 0 spiro atoms. The van der Waals surface area contributed by atoms with Gasteiger partial charge in [-0.15, -0.1) is 0 Å². The van der Waals surface area contributed by atoms with Crippen molar-refractivity contribution in [3.05, 3.63) is 0 Å². The van der Waals surface area contributed by atoms with Crippen LogP contribution in [0.25, 0.3) is 0 Å². The van der Waals surface area contributed by atoms with Gasteiger partial charge in [-0.3, -0.25) is 0 Å². The lowest BCUT2D eigenvalue weighted by Crippen LogP contribution is -2.13. The van der Waals surface area contributed by atoms with Crippen molar-refractivity contribution in [2.24, 2.45) is 0 Å². The second kappa shape index (κ2) is 13.9. The summed E-state index contributed by atoms with van der Waals surface area (Å²) < 4.78 is 0. The van der Waals surface area contributed by atoms with Gasteiger partial charge in [0.25, 0.3) is 0 Å². The van der Waals surface area contributed by atoms with Gasteiger partial charge in [0, 0.05) is 17.6 Å². The third-order valence-corrected chi connectivity index (χ3v) is 12.3. The minimum absolute atomic E-state index is 0.314. The average molecular weight is 287 g/mol. The van der Waals surface area contributed by atoms with E-state index in [1.54, 1.807) is 49.1 Å². The minimum atomic E-state index is -0.314. The van der Waals surface area contributed by atoms with Crippen molar-refractivity contribution in [3.8, 4) is 0 Å². The standard InChI is InChI=1S/C16H38Si2/c1-5-11-17(12-6-2)15-9-10-16-18(13-7-3)14-8-4/h17-18H,5-16H2,1-4H3. The molecule has 0 aliphatic carbocycles. The van der Waals surface area contributed by atoms with E-state index in [0.29, 0.717) is 0 Å². The van der Waals surface area contributed by atoms with Gasteiger partial charge in [0.1, 0.15) is 0 Å². The number of hydrogen-bond acceptors (Lipinski definition) is 0. The van der Waals surface area contributed by atoms with Gasteiger partial charge in [-0.05, 0) is 0 Å². The maximum absolute atomic E-state index is 2.38. The van der Waals surface area contributed by atoms with Gasteiger partial charge >= 0.3 is 0 Å². The topological polar surface area (TPSA) is 0 Å². The van der Waals surface area contributed by atoms with Gasteiger partial charge in [0.05, 0.1) is 0 Å². The van der Waals surface area contributed by atoms with Crippen LogP contribution < -0.4 is 0 Å². The maximum Gasteiger partial charge on any atom is 0.0367 e. The lowest BCUT2D eigenvalue weighted by molar-refractivity contribution is 0.835. The van der Waals surface area contributed by atoms with E-state index in [9.17, 15) is 0 Å². The van der Waals surface area contributed by atoms with Crippen LogP contribution in [0, 0.1) is 0 Å². The molecule has 0 fully saturated rings. The van der Waals surface area contributed by atoms with Crippen molar-refractivity contribution in [3.63, 3.8) is 0 Å². The molecular weight excluding hydrogens is 248 g/mol. The molecule has 2 heteroatoms.